The van der Waals surface area contributed by atoms with Crippen molar-refractivity contribution in [3.05, 3.63) is 35.6 Å². The van der Waals surface area contributed by atoms with Gasteiger partial charge < -0.3 is 10.4 Å². The Hall–Kier alpha value is -1.91. The largest absolute Gasteiger partial charge is 0.481 e. The third-order valence-corrected chi connectivity index (χ3v) is 3.74. The minimum atomic E-state index is -0.769. The van der Waals surface area contributed by atoms with Crippen LogP contribution in [0.5, 0.6) is 0 Å². The molecule has 22 heavy (non-hydrogen) atoms. The van der Waals surface area contributed by atoms with E-state index in [1.165, 1.54) is 12.1 Å². The van der Waals surface area contributed by atoms with Crippen LogP contribution >= 0.6 is 0 Å². The van der Waals surface area contributed by atoms with E-state index < -0.39 is 11.4 Å². The summed E-state index contributed by atoms with van der Waals surface area (Å²) < 4.78 is 12.9. The van der Waals surface area contributed by atoms with Crippen molar-refractivity contribution < 1.29 is 19.1 Å². The molecule has 0 aromatic heterocycles. The van der Waals surface area contributed by atoms with E-state index in [-0.39, 0.29) is 18.1 Å². The van der Waals surface area contributed by atoms with Crippen molar-refractivity contribution in [1.82, 2.24) is 5.32 Å². The fourth-order valence-corrected chi connectivity index (χ4v) is 2.18. The molecule has 122 valence electrons. The number of benzene rings is 1. The third kappa shape index (κ3) is 5.84. The van der Waals surface area contributed by atoms with Crippen LogP contribution in [0.4, 0.5) is 4.39 Å². The predicted molar refractivity (Wildman–Crippen MR) is 83.2 cm³/mol. The SMILES string of the molecule is CC(C)(C(=O)NCCCCCCC(=O)O)c1ccc(F)cc1. The second-order valence-electron chi connectivity index (χ2n) is 5.95. The van der Waals surface area contributed by atoms with Gasteiger partial charge in [0.05, 0.1) is 5.41 Å². The zero-order chi connectivity index (χ0) is 16.6. The second-order valence-corrected chi connectivity index (χ2v) is 5.95. The van der Waals surface area contributed by atoms with Crippen molar-refractivity contribution >= 4 is 11.9 Å². The van der Waals surface area contributed by atoms with Gasteiger partial charge in [-0.2, -0.15) is 0 Å². The number of rotatable bonds is 9. The number of carbonyl (C=O) groups excluding carboxylic acids is 1. The smallest absolute Gasteiger partial charge is 0.303 e. The highest BCUT2D eigenvalue weighted by atomic mass is 19.1. The van der Waals surface area contributed by atoms with Gasteiger partial charge in [-0.15, -0.1) is 0 Å². The van der Waals surface area contributed by atoms with E-state index in [9.17, 15) is 14.0 Å². The summed E-state index contributed by atoms with van der Waals surface area (Å²) in [5.74, 6) is -1.18. The van der Waals surface area contributed by atoms with Crippen molar-refractivity contribution in [2.75, 3.05) is 6.54 Å². The molecule has 0 aliphatic carbocycles. The van der Waals surface area contributed by atoms with Crippen LogP contribution < -0.4 is 5.32 Å². The van der Waals surface area contributed by atoms with Crippen molar-refractivity contribution in [3.63, 3.8) is 0 Å². The standard InChI is InChI=1S/C17H24FNO3/c1-17(2,13-8-10-14(18)11-9-13)16(22)19-12-6-4-3-5-7-15(20)21/h8-11H,3-7,12H2,1-2H3,(H,19,22)(H,20,21). The molecule has 0 saturated heterocycles. The molecule has 5 heteroatoms. The van der Waals surface area contributed by atoms with Crippen LogP contribution in [0.2, 0.25) is 0 Å². The lowest BCUT2D eigenvalue weighted by Crippen LogP contribution is -2.40. The molecule has 0 atom stereocenters. The molecule has 1 aromatic rings. The van der Waals surface area contributed by atoms with Gasteiger partial charge in [0.2, 0.25) is 5.91 Å². The lowest BCUT2D eigenvalue weighted by Gasteiger charge is -2.24. The van der Waals surface area contributed by atoms with Gasteiger partial charge >= 0.3 is 5.97 Å². The molecule has 1 amide bonds. The average molecular weight is 309 g/mol. The van der Waals surface area contributed by atoms with E-state index in [1.807, 2.05) is 13.8 Å². The van der Waals surface area contributed by atoms with E-state index in [0.29, 0.717) is 13.0 Å². The molecule has 0 spiro atoms. The fraction of sp³-hybridized carbons (Fsp3) is 0.529. The number of carbonyl (C=O) groups is 2. The Kier molecular flexibility index (Phi) is 7.02. The molecule has 1 rings (SSSR count). The summed E-state index contributed by atoms with van der Waals surface area (Å²) in [4.78, 5) is 22.6. The second kappa shape index (κ2) is 8.51. The van der Waals surface area contributed by atoms with Crippen molar-refractivity contribution in [2.24, 2.45) is 0 Å². The summed E-state index contributed by atoms with van der Waals surface area (Å²) in [7, 11) is 0. The number of halogens is 1. The predicted octanol–water partition coefficient (Wildman–Crippen LogP) is 3.25. The molecule has 0 heterocycles. The van der Waals surface area contributed by atoms with Gasteiger partial charge in [0.1, 0.15) is 5.82 Å². The molecular weight excluding hydrogens is 285 g/mol. The number of carboxylic acids is 1. The zero-order valence-corrected chi connectivity index (χ0v) is 13.2. The van der Waals surface area contributed by atoms with Crippen LogP contribution in [0.3, 0.4) is 0 Å². The van der Waals surface area contributed by atoms with Crippen LogP contribution in [-0.2, 0) is 15.0 Å². The maximum absolute atomic E-state index is 12.9. The topological polar surface area (TPSA) is 66.4 Å². The van der Waals surface area contributed by atoms with Gasteiger partial charge in [0.25, 0.3) is 0 Å². The third-order valence-electron chi connectivity index (χ3n) is 3.74. The fourth-order valence-electron chi connectivity index (χ4n) is 2.18. The molecule has 0 aliphatic heterocycles. The molecule has 0 aliphatic rings. The normalized spacial score (nSPS) is 11.2. The Morgan fingerprint density at radius 3 is 2.27 bits per heavy atom. The van der Waals surface area contributed by atoms with Gasteiger partial charge in [-0.25, -0.2) is 4.39 Å². The molecule has 0 radical (unpaired) electrons. The van der Waals surface area contributed by atoms with E-state index in [0.717, 1.165) is 24.8 Å². The number of amides is 1. The Labute approximate surface area is 130 Å². The lowest BCUT2D eigenvalue weighted by atomic mass is 9.83. The number of carboxylic acid groups (broad SMARTS) is 1. The van der Waals surface area contributed by atoms with E-state index in [2.05, 4.69) is 5.32 Å². The first kappa shape index (κ1) is 18.1. The summed E-state index contributed by atoms with van der Waals surface area (Å²) >= 11 is 0. The highest BCUT2D eigenvalue weighted by Crippen LogP contribution is 2.23. The zero-order valence-electron chi connectivity index (χ0n) is 13.2. The van der Waals surface area contributed by atoms with E-state index in [4.69, 9.17) is 5.11 Å². The lowest BCUT2D eigenvalue weighted by molar-refractivity contribution is -0.137. The highest BCUT2D eigenvalue weighted by Gasteiger charge is 2.29. The highest BCUT2D eigenvalue weighted by molar-refractivity contribution is 5.87. The number of hydrogen-bond acceptors (Lipinski definition) is 2. The molecule has 1 aromatic carbocycles. The molecule has 0 bridgehead atoms. The number of hydrogen-bond donors (Lipinski definition) is 2. The Balaban J connectivity index is 2.32. The number of nitrogens with one attached hydrogen (secondary N) is 1. The van der Waals surface area contributed by atoms with Crippen molar-refractivity contribution in [1.29, 1.82) is 0 Å². The van der Waals surface area contributed by atoms with Crippen molar-refractivity contribution in [3.8, 4) is 0 Å². The average Bonchev–Trinajstić information content (AvgIpc) is 2.46. The summed E-state index contributed by atoms with van der Waals surface area (Å²) in [6.45, 7) is 4.18. The van der Waals surface area contributed by atoms with Crippen LogP contribution in [0.1, 0.15) is 51.5 Å². The maximum atomic E-state index is 12.9. The van der Waals surface area contributed by atoms with Crippen LogP contribution in [0.15, 0.2) is 24.3 Å². The van der Waals surface area contributed by atoms with Crippen LogP contribution in [0.25, 0.3) is 0 Å². The van der Waals surface area contributed by atoms with Crippen LogP contribution in [-0.4, -0.2) is 23.5 Å². The van der Waals surface area contributed by atoms with Gasteiger partial charge in [0.15, 0.2) is 0 Å². The Bertz CT molecular complexity index is 497. The number of aliphatic carboxylic acids is 1. The summed E-state index contributed by atoms with van der Waals surface area (Å²) in [6, 6.07) is 5.96. The van der Waals surface area contributed by atoms with E-state index in [1.54, 1.807) is 12.1 Å². The summed E-state index contributed by atoms with van der Waals surface area (Å²) in [6.07, 6.45) is 3.44. The van der Waals surface area contributed by atoms with E-state index >= 15 is 0 Å². The van der Waals surface area contributed by atoms with Gasteiger partial charge in [0, 0.05) is 13.0 Å². The molecule has 4 nitrogen and oxygen atoms in total. The molecule has 0 fully saturated rings. The summed E-state index contributed by atoms with van der Waals surface area (Å²) in [5.41, 5.74) is 0.0599. The first-order valence-electron chi connectivity index (χ1n) is 7.60. The summed E-state index contributed by atoms with van der Waals surface area (Å²) in [5, 5.41) is 11.4. The molecule has 0 saturated carbocycles. The first-order chi connectivity index (χ1) is 10.3. The Morgan fingerprint density at radius 1 is 1.09 bits per heavy atom. The molecule has 0 unspecified atom stereocenters. The van der Waals surface area contributed by atoms with Crippen LogP contribution in [0, 0.1) is 5.82 Å². The van der Waals surface area contributed by atoms with Crippen molar-refractivity contribution in [2.45, 2.75) is 51.4 Å². The van der Waals surface area contributed by atoms with Gasteiger partial charge in [-0.05, 0) is 44.4 Å². The maximum Gasteiger partial charge on any atom is 0.303 e. The van der Waals surface area contributed by atoms with Gasteiger partial charge in [-0.3, -0.25) is 9.59 Å². The monoisotopic (exact) mass is 309 g/mol. The molecular formula is C17H24FNO3. The first-order valence-corrected chi connectivity index (χ1v) is 7.60. The quantitative estimate of drug-likeness (QED) is 0.688. The molecule has 2 N–H and O–H groups in total. The Morgan fingerprint density at radius 2 is 1.68 bits per heavy atom. The number of unbranched alkanes of at least 4 members (excludes halogenated alkanes) is 3. The minimum Gasteiger partial charge on any atom is -0.481 e. The van der Waals surface area contributed by atoms with Gasteiger partial charge in [-0.1, -0.05) is 25.0 Å². The minimum absolute atomic E-state index is 0.0929.